The molecule has 0 aromatic carbocycles. The van der Waals surface area contributed by atoms with Gasteiger partial charge in [0.05, 0.1) is 25.4 Å². The van der Waals surface area contributed by atoms with Gasteiger partial charge in [-0.3, -0.25) is 9.59 Å². The van der Waals surface area contributed by atoms with E-state index in [0.717, 1.165) is 83.5 Å². The fourth-order valence-electron chi connectivity index (χ4n) is 9.62. The molecule has 0 bridgehead atoms. The lowest BCUT2D eigenvalue weighted by Gasteiger charge is -2.41. The summed E-state index contributed by atoms with van der Waals surface area (Å²) in [4.78, 5) is 26.6. The van der Waals surface area contributed by atoms with Crippen molar-refractivity contribution in [1.82, 2.24) is 5.32 Å². The summed E-state index contributed by atoms with van der Waals surface area (Å²) in [5.41, 5.74) is 0. The van der Waals surface area contributed by atoms with Crippen molar-refractivity contribution in [2.75, 3.05) is 13.2 Å². The predicted octanol–water partition coefficient (Wildman–Crippen LogP) is 16.1. The maximum atomic E-state index is 13.5. The number of hydrogen-bond donors (Lipinski definition) is 6. The Hall–Kier alpha value is -3.68. The molecule has 1 rings (SSSR count). The van der Waals surface area contributed by atoms with Crippen LogP contribution in [0.4, 0.5) is 0 Å². The molecule has 0 aromatic rings. The van der Waals surface area contributed by atoms with Crippen molar-refractivity contribution < 1.29 is 49.3 Å². The molecule has 1 aliphatic heterocycles. The molecular weight excluding hydrogens is 1010 g/mol. The first-order chi connectivity index (χ1) is 39.7. The molecule has 0 saturated carbocycles. The van der Waals surface area contributed by atoms with Crippen molar-refractivity contribution in [2.24, 2.45) is 0 Å². The number of rotatable bonds is 54. The summed E-state index contributed by atoms with van der Waals surface area (Å²) in [6, 6.07) is -1.04. The minimum atomic E-state index is -1.64. The zero-order valence-corrected chi connectivity index (χ0v) is 51.4. The van der Waals surface area contributed by atoms with Crippen molar-refractivity contribution in [3.8, 4) is 0 Å². The van der Waals surface area contributed by atoms with Crippen molar-refractivity contribution in [3.05, 3.63) is 109 Å². The van der Waals surface area contributed by atoms with Gasteiger partial charge in [-0.25, -0.2) is 0 Å². The van der Waals surface area contributed by atoms with Gasteiger partial charge in [-0.05, 0) is 83.5 Å². The van der Waals surface area contributed by atoms with Gasteiger partial charge in [0.15, 0.2) is 12.4 Å². The van der Waals surface area contributed by atoms with Crippen molar-refractivity contribution in [2.45, 2.75) is 307 Å². The smallest absolute Gasteiger partial charge is 0.306 e. The van der Waals surface area contributed by atoms with Crippen LogP contribution in [-0.2, 0) is 23.8 Å². The fraction of sp³-hybridized carbons (Fsp3) is 0.714. The van der Waals surface area contributed by atoms with Crippen LogP contribution in [-0.4, -0.2) is 99.6 Å². The monoisotopic (exact) mass is 1130 g/mol. The third-order valence-electron chi connectivity index (χ3n) is 14.8. The highest BCUT2D eigenvalue weighted by Crippen LogP contribution is 2.26. The quantitative estimate of drug-likeness (QED) is 0.0149. The Labute approximate surface area is 494 Å². The molecule has 1 aliphatic rings. The van der Waals surface area contributed by atoms with Crippen LogP contribution >= 0.6 is 0 Å². The Morgan fingerprint density at radius 2 is 0.938 bits per heavy atom. The van der Waals surface area contributed by atoms with E-state index >= 15 is 0 Å². The molecule has 0 aliphatic carbocycles. The van der Waals surface area contributed by atoms with Gasteiger partial charge < -0.3 is 45.1 Å². The van der Waals surface area contributed by atoms with Gasteiger partial charge in [0.2, 0.25) is 5.91 Å². The first-order valence-corrected chi connectivity index (χ1v) is 32.7. The summed E-state index contributed by atoms with van der Waals surface area (Å²) in [6.45, 7) is 5.60. The first-order valence-electron chi connectivity index (χ1n) is 32.7. The molecule has 11 nitrogen and oxygen atoms in total. The van der Waals surface area contributed by atoms with Crippen LogP contribution in [0.5, 0.6) is 0 Å². The molecule has 1 amide bonds. The van der Waals surface area contributed by atoms with Gasteiger partial charge in [-0.1, -0.05) is 278 Å². The Morgan fingerprint density at radius 3 is 1.47 bits per heavy atom. The van der Waals surface area contributed by atoms with E-state index in [2.05, 4.69) is 74.7 Å². The molecule has 1 heterocycles. The summed E-state index contributed by atoms with van der Waals surface area (Å²) >= 11 is 0. The number of unbranched alkanes of at least 4 members (excludes halogenated alkanes) is 28. The van der Waals surface area contributed by atoms with Gasteiger partial charge in [-0.15, -0.1) is 0 Å². The fourth-order valence-corrected chi connectivity index (χ4v) is 9.62. The number of nitrogens with one attached hydrogen (secondary N) is 1. The van der Waals surface area contributed by atoms with Crippen LogP contribution in [0.2, 0.25) is 0 Å². The maximum absolute atomic E-state index is 13.5. The van der Waals surface area contributed by atoms with E-state index in [4.69, 9.17) is 14.2 Å². The summed E-state index contributed by atoms with van der Waals surface area (Å²) in [7, 11) is 0. The lowest BCUT2D eigenvalue weighted by molar-refractivity contribution is -0.305. The molecule has 0 aromatic heterocycles. The number of amides is 1. The Bertz CT molecular complexity index is 1730. The van der Waals surface area contributed by atoms with Crippen molar-refractivity contribution >= 4 is 11.9 Å². The average Bonchev–Trinajstić information content (AvgIpc) is 3.53. The zero-order valence-electron chi connectivity index (χ0n) is 51.4. The molecule has 1 fully saturated rings. The predicted molar refractivity (Wildman–Crippen MR) is 338 cm³/mol. The van der Waals surface area contributed by atoms with Crippen LogP contribution in [0, 0.1) is 0 Å². The van der Waals surface area contributed by atoms with Crippen LogP contribution in [0.25, 0.3) is 0 Å². The Kier molecular flexibility index (Phi) is 52.8. The van der Waals surface area contributed by atoms with E-state index in [1.165, 1.54) is 128 Å². The topological polar surface area (TPSA) is 175 Å². The van der Waals surface area contributed by atoms with Crippen LogP contribution in [0.1, 0.15) is 258 Å². The zero-order chi connectivity index (χ0) is 58.9. The lowest BCUT2D eigenvalue weighted by Crippen LogP contribution is -2.61. The minimum absolute atomic E-state index is 0.0693. The van der Waals surface area contributed by atoms with E-state index in [1.807, 2.05) is 54.7 Å². The van der Waals surface area contributed by atoms with Gasteiger partial charge in [0, 0.05) is 6.42 Å². The summed E-state index contributed by atoms with van der Waals surface area (Å²) in [5.74, 6) is -1.24. The lowest BCUT2D eigenvalue weighted by atomic mass is 9.99. The third kappa shape index (κ3) is 44.5. The molecule has 81 heavy (non-hydrogen) atoms. The van der Waals surface area contributed by atoms with Gasteiger partial charge in [0.1, 0.15) is 24.4 Å². The number of esters is 1. The molecule has 6 N–H and O–H groups in total. The number of ether oxygens (including phenoxy) is 3. The van der Waals surface area contributed by atoms with Crippen LogP contribution in [0.15, 0.2) is 109 Å². The first kappa shape index (κ1) is 75.3. The third-order valence-corrected chi connectivity index (χ3v) is 14.8. The molecule has 8 atom stereocenters. The van der Waals surface area contributed by atoms with Crippen molar-refractivity contribution in [1.29, 1.82) is 0 Å². The normalized spacial score (nSPS) is 19.4. The molecule has 11 heteroatoms. The highest BCUT2D eigenvalue weighted by molar-refractivity contribution is 5.80. The van der Waals surface area contributed by atoms with E-state index in [1.54, 1.807) is 6.08 Å². The Balaban J connectivity index is 2.66. The molecular formula is C70H119NO10. The highest BCUT2D eigenvalue weighted by atomic mass is 16.7. The van der Waals surface area contributed by atoms with E-state index in [0.29, 0.717) is 12.8 Å². The molecule has 0 radical (unpaired) electrons. The summed E-state index contributed by atoms with van der Waals surface area (Å²) < 4.78 is 17.6. The average molecular weight is 1130 g/mol. The number of carbonyl (C=O) groups excluding carboxylic acids is 2. The summed E-state index contributed by atoms with van der Waals surface area (Å²) in [5, 5.41) is 57.1. The number of allylic oxidation sites excluding steroid dienone is 17. The number of hydrogen-bond acceptors (Lipinski definition) is 10. The van der Waals surface area contributed by atoms with E-state index in [-0.39, 0.29) is 19.4 Å². The maximum Gasteiger partial charge on any atom is 0.306 e. The van der Waals surface area contributed by atoms with Crippen LogP contribution in [0.3, 0.4) is 0 Å². The molecule has 8 unspecified atom stereocenters. The molecule has 0 spiro atoms. The minimum Gasteiger partial charge on any atom is -0.454 e. The second kappa shape index (κ2) is 56.8. The van der Waals surface area contributed by atoms with Crippen LogP contribution < -0.4 is 5.32 Å². The van der Waals surface area contributed by atoms with E-state index < -0.39 is 67.4 Å². The largest absolute Gasteiger partial charge is 0.454 e. The standard InChI is InChI=1S/C70H119NO10/c1-4-7-10-13-16-19-22-25-27-28-29-30-31-32-33-34-35-37-39-42-45-48-51-54-57-63(74)69(78)71-61(62(73)56-53-50-47-44-41-38-24-21-18-15-12-9-6-3)60-79-70-68(67(77)66(76)64(59-72)80-70)81-65(75)58-55-52-49-46-43-40-36-26-23-20-17-14-11-8-5-2/h8,11,14,16-17,19-20,23,25-27,29-30,36,40,43,53,56,61-64,66-68,70,72-74,76-77H,4-7,9-10,12-13,15,18,21-22,24,28,31-35,37-39,41-42,44-52,54-55,57-60H2,1-3H3,(H,71,78)/b11-8+,17-14+,19-16-,23-20-,27-25-,30-29-,36-26-,43-40+,56-53+. The second-order valence-electron chi connectivity index (χ2n) is 22.2. The second-order valence-corrected chi connectivity index (χ2v) is 22.2. The number of carbonyl (C=O) groups is 2. The molecule has 464 valence electrons. The highest BCUT2D eigenvalue weighted by Gasteiger charge is 2.47. The van der Waals surface area contributed by atoms with Gasteiger partial charge in [-0.2, -0.15) is 0 Å². The summed E-state index contributed by atoms with van der Waals surface area (Å²) in [6.07, 6.45) is 67.0. The number of aliphatic hydroxyl groups excluding tert-OH is 5. The molecule has 1 saturated heterocycles. The van der Waals surface area contributed by atoms with Crippen molar-refractivity contribution in [3.63, 3.8) is 0 Å². The Morgan fingerprint density at radius 1 is 0.506 bits per heavy atom. The van der Waals surface area contributed by atoms with Gasteiger partial charge >= 0.3 is 5.97 Å². The van der Waals surface area contributed by atoms with Gasteiger partial charge in [0.25, 0.3) is 0 Å². The SMILES string of the molecule is CC/C=C/C=C/C=C\C=C/C=C/CCCCCC(=O)OC1C(OCC(NC(=O)C(O)CCCCCCCCCCCCC/C=C\C/C=C\C/C=C\CCCCC)C(O)/C=C/CCCCCCCCCCCCC)OC(CO)C(O)C1O. The van der Waals surface area contributed by atoms with E-state index in [9.17, 15) is 35.1 Å². The number of aliphatic hydroxyl groups is 5.